The number of aryl methyl sites for hydroxylation is 1. The van der Waals surface area contributed by atoms with Gasteiger partial charge in [-0.15, -0.1) is 24.0 Å². The van der Waals surface area contributed by atoms with Crippen molar-refractivity contribution in [3.05, 3.63) is 11.7 Å². The molecular formula is C13H22IN5O2. The summed E-state index contributed by atoms with van der Waals surface area (Å²) in [5, 5.41) is 10.5. The first-order chi connectivity index (χ1) is 9.74. The number of rotatable bonds is 4. The van der Waals surface area contributed by atoms with Crippen LogP contribution in [0.2, 0.25) is 0 Å². The van der Waals surface area contributed by atoms with E-state index < -0.39 is 0 Å². The fourth-order valence-corrected chi connectivity index (χ4v) is 2.31. The highest BCUT2D eigenvalue weighted by molar-refractivity contribution is 14.0. The molecule has 118 valence electrons. The number of nitrogens with one attached hydrogen (secondary N) is 2. The van der Waals surface area contributed by atoms with Crippen molar-refractivity contribution in [1.82, 2.24) is 20.8 Å². The minimum Gasteiger partial charge on any atom is -0.363 e. The zero-order valence-corrected chi connectivity index (χ0v) is 14.7. The summed E-state index contributed by atoms with van der Waals surface area (Å²) in [5.41, 5.74) is 0. The molecule has 0 spiro atoms. The topological polar surface area (TPSA) is 84.6 Å². The van der Waals surface area contributed by atoms with Crippen LogP contribution in [0.25, 0.3) is 0 Å². The van der Waals surface area contributed by atoms with E-state index in [1.807, 2.05) is 6.92 Å². The Morgan fingerprint density at radius 1 is 1.33 bits per heavy atom. The van der Waals surface area contributed by atoms with Crippen molar-refractivity contribution >= 4 is 29.9 Å². The fraction of sp³-hybridized carbons (Fsp3) is 0.769. The number of guanidine groups is 1. The molecule has 2 N–H and O–H groups in total. The molecule has 2 heterocycles. The Labute approximate surface area is 141 Å². The van der Waals surface area contributed by atoms with Gasteiger partial charge >= 0.3 is 0 Å². The molecule has 2 atom stereocenters. The molecule has 1 aromatic heterocycles. The maximum atomic E-state index is 5.93. The first kappa shape index (κ1) is 16.5. The molecular weight excluding hydrogens is 385 g/mol. The third kappa shape index (κ3) is 4.53. The minimum atomic E-state index is -0.0681. The molecule has 7 nitrogen and oxygen atoms in total. The van der Waals surface area contributed by atoms with Gasteiger partial charge in [0.1, 0.15) is 6.10 Å². The third-order valence-electron chi connectivity index (χ3n) is 3.57. The number of aromatic nitrogens is 2. The summed E-state index contributed by atoms with van der Waals surface area (Å²) in [6.45, 7) is 2.56. The average molecular weight is 407 g/mol. The monoisotopic (exact) mass is 407 g/mol. The smallest absolute Gasteiger partial charge is 0.255 e. The Hall–Kier alpha value is -0.900. The average Bonchev–Trinajstić information content (AvgIpc) is 2.96. The summed E-state index contributed by atoms with van der Waals surface area (Å²) < 4.78 is 11.1. The van der Waals surface area contributed by atoms with Crippen LogP contribution in [0.1, 0.15) is 43.5 Å². The molecule has 0 bridgehead atoms. The summed E-state index contributed by atoms with van der Waals surface area (Å²) in [5.74, 6) is 2.10. The van der Waals surface area contributed by atoms with Crippen molar-refractivity contribution in [1.29, 1.82) is 0 Å². The quantitative estimate of drug-likeness (QED) is 0.448. The van der Waals surface area contributed by atoms with E-state index >= 15 is 0 Å². The first-order valence-corrected chi connectivity index (χ1v) is 7.17. The highest BCUT2D eigenvalue weighted by Crippen LogP contribution is 2.31. The van der Waals surface area contributed by atoms with Gasteiger partial charge in [0, 0.05) is 19.6 Å². The Kier molecular flexibility index (Phi) is 5.80. The van der Waals surface area contributed by atoms with Crippen LogP contribution in [0.4, 0.5) is 0 Å². The fourth-order valence-electron chi connectivity index (χ4n) is 2.31. The van der Waals surface area contributed by atoms with Crippen molar-refractivity contribution in [2.24, 2.45) is 4.99 Å². The van der Waals surface area contributed by atoms with Crippen molar-refractivity contribution in [2.45, 2.75) is 50.9 Å². The van der Waals surface area contributed by atoms with Crippen molar-refractivity contribution in [3.8, 4) is 0 Å². The Morgan fingerprint density at radius 3 is 2.76 bits per heavy atom. The van der Waals surface area contributed by atoms with Gasteiger partial charge < -0.3 is 19.9 Å². The van der Waals surface area contributed by atoms with E-state index in [1.54, 1.807) is 7.05 Å². The van der Waals surface area contributed by atoms with Gasteiger partial charge in [0.15, 0.2) is 11.8 Å². The number of halogens is 1. The van der Waals surface area contributed by atoms with Crippen LogP contribution >= 0.6 is 24.0 Å². The Balaban J connectivity index is 0.00000161. The van der Waals surface area contributed by atoms with E-state index in [9.17, 15) is 0 Å². The predicted molar refractivity (Wildman–Crippen MR) is 88.8 cm³/mol. The lowest BCUT2D eigenvalue weighted by Crippen LogP contribution is -2.41. The van der Waals surface area contributed by atoms with Crippen LogP contribution in [0.5, 0.6) is 0 Å². The summed E-state index contributed by atoms with van der Waals surface area (Å²) in [7, 11) is 1.79. The van der Waals surface area contributed by atoms with Gasteiger partial charge in [-0.3, -0.25) is 4.99 Å². The van der Waals surface area contributed by atoms with E-state index in [1.165, 1.54) is 12.8 Å². The highest BCUT2D eigenvalue weighted by atomic mass is 127. The molecule has 3 rings (SSSR count). The van der Waals surface area contributed by atoms with Crippen molar-refractivity contribution < 1.29 is 9.26 Å². The lowest BCUT2D eigenvalue weighted by Gasteiger charge is -2.15. The van der Waals surface area contributed by atoms with E-state index in [0.717, 1.165) is 25.3 Å². The van der Waals surface area contributed by atoms with Crippen LogP contribution in [-0.2, 0) is 4.74 Å². The summed E-state index contributed by atoms with van der Waals surface area (Å²) in [4.78, 5) is 8.43. The normalized spacial score (nSPS) is 25.5. The van der Waals surface area contributed by atoms with Crippen LogP contribution in [-0.4, -0.2) is 41.8 Å². The van der Waals surface area contributed by atoms with E-state index in [0.29, 0.717) is 17.8 Å². The molecule has 2 fully saturated rings. The maximum Gasteiger partial charge on any atom is 0.255 e. The molecule has 8 heteroatoms. The summed E-state index contributed by atoms with van der Waals surface area (Å²) in [6, 6.07) is 0.597. The second kappa shape index (κ2) is 7.39. The number of ether oxygens (including phenoxy) is 1. The first-order valence-electron chi connectivity index (χ1n) is 7.17. The molecule has 1 aliphatic heterocycles. The maximum absolute atomic E-state index is 5.93. The molecule has 2 aliphatic rings. The molecule has 1 aromatic rings. The largest absolute Gasteiger partial charge is 0.363 e. The third-order valence-corrected chi connectivity index (χ3v) is 3.57. The molecule has 21 heavy (non-hydrogen) atoms. The molecule has 0 radical (unpaired) electrons. The van der Waals surface area contributed by atoms with E-state index in [-0.39, 0.29) is 36.2 Å². The van der Waals surface area contributed by atoms with Crippen LogP contribution in [0.3, 0.4) is 0 Å². The molecule has 0 amide bonds. The van der Waals surface area contributed by atoms with Crippen LogP contribution in [0, 0.1) is 6.92 Å². The number of nitrogens with zero attached hydrogens (tertiary/aromatic N) is 3. The zero-order chi connectivity index (χ0) is 13.9. The molecule has 1 saturated heterocycles. The lowest BCUT2D eigenvalue weighted by atomic mass is 10.2. The molecule has 1 aliphatic carbocycles. The van der Waals surface area contributed by atoms with Crippen molar-refractivity contribution in [3.63, 3.8) is 0 Å². The van der Waals surface area contributed by atoms with Gasteiger partial charge in [0.2, 0.25) is 0 Å². The number of hydrogen-bond donors (Lipinski definition) is 2. The number of aliphatic imine (C=N–C) groups is 1. The molecule has 0 aromatic carbocycles. The van der Waals surface area contributed by atoms with Crippen molar-refractivity contribution in [2.75, 3.05) is 13.6 Å². The van der Waals surface area contributed by atoms with Gasteiger partial charge in [-0.25, -0.2) is 0 Å². The van der Waals surface area contributed by atoms with Gasteiger partial charge in [0.25, 0.3) is 5.89 Å². The number of hydrogen-bond acceptors (Lipinski definition) is 5. The minimum absolute atomic E-state index is 0. The van der Waals surface area contributed by atoms with Crippen LogP contribution in [0.15, 0.2) is 9.52 Å². The van der Waals surface area contributed by atoms with Gasteiger partial charge in [-0.2, -0.15) is 4.98 Å². The predicted octanol–water partition coefficient (Wildman–Crippen LogP) is 1.54. The van der Waals surface area contributed by atoms with E-state index in [2.05, 4.69) is 25.8 Å². The lowest BCUT2D eigenvalue weighted by molar-refractivity contribution is 0.0285. The second-order valence-corrected chi connectivity index (χ2v) is 5.38. The second-order valence-electron chi connectivity index (χ2n) is 5.38. The highest BCUT2D eigenvalue weighted by Gasteiger charge is 2.30. The Morgan fingerprint density at radius 2 is 2.14 bits per heavy atom. The van der Waals surface area contributed by atoms with Gasteiger partial charge in [-0.1, -0.05) is 5.16 Å². The van der Waals surface area contributed by atoms with E-state index in [4.69, 9.17) is 9.26 Å². The SMILES string of the molecule is CN=C(NC[C@H]1CC[C@@H](c2nc(C)no2)O1)NC1CC1.I. The summed E-state index contributed by atoms with van der Waals surface area (Å²) >= 11 is 0. The van der Waals surface area contributed by atoms with Gasteiger partial charge in [-0.05, 0) is 32.6 Å². The summed E-state index contributed by atoms with van der Waals surface area (Å²) in [6.07, 6.45) is 4.46. The molecule has 0 unspecified atom stereocenters. The molecule has 1 saturated carbocycles. The standard InChI is InChI=1S/C13H21N5O2.HI/c1-8-16-12(20-18-8)11-6-5-10(19-11)7-15-13(14-2)17-9-3-4-9;/h9-11H,3-7H2,1-2H3,(H2,14,15,17);1H/t10-,11+;/m1./s1. The van der Waals surface area contributed by atoms with Gasteiger partial charge in [0.05, 0.1) is 6.10 Å². The Bertz CT molecular complexity index is 489. The van der Waals surface area contributed by atoms with Crippen LogP contribution < -0.4 is 10.6 Å². The zero-order valence-electron chi connectivity index (χ0n) is 12.3.